The summed E-state index contributed by atoms with van der Waals surface area (Å²) < 4.78 is 6.68. The molecule has 0 saturated heterocycles. The Morgan fingerprint density at radius 2 is 1.48 bits per heavy atom. The number of carbonyl (C=O) groups excluding carboxylic acids is 1. The maximum atomic E-state index is 13.6. The summed E-state index contributed by atoms with van der Waals surface area (Å²) in [5.74, 6) is 0.694. The fourth-order valence-corrected chi connectivity index (χ4v) is 5.63. The molecule has 1 amide bonds. The molecule has 0 bridgehead atoms. The van der Waals surface area contributed by atoms with Crippen LogP contribution in [-0.4, -0.2) is 22.1 Å². The van der Waals surface area contributed by atoms with Gasteiger partial charge in [0.05, 0.1) is 0 Å². The maximum absolute atomic E-state index is 13.6. The molecule has 0 radical (unpaired) electrons. The van der Waals surface area contributed by atoms with Gasteiger partial charge in [0.15, 0.2) is 17.7 Å². The third kappa shape index (κ3) is 10.9. The van der Waals surface area contributed by atoms with Crippen LogP contribution in [0.2, 0.25) is 0 Å². The van der Waals surface area contributed by atoms with Gasteiger partial charge in [0.2, 0.25) is 0 Å². The van der Waals surface area contributed by atoms with E-state index in [9.17, 15) is 9.90 Å². The highest BCUT2D eigenvalue weighted by Crippen LogP contribution is 2.40. The average molecular weight is 581 g/mol. The Morgan fingerprint density at radius 1 is 0.857 bits per heavy atom. The molecule has 2 aromatic rings. The van der Waals surface area contributed by atoms with Crippen molar-refractivity contribution in [1.82, 2.24) is 4.98 Å². The Hall–Kier alpha value is -2.56. The van der Waals surface area contributed by atoms with E-state index in [1.165, 1.54) is 43.2 Å². The van der Waals surface area contributed by atoms with Crippen molar-refractivity contribution in [2.24, 2.45) is 0 Å². The summed E-state index contributed by atoms with van der Waals surface area (Å²) in [6.07, 6.45) is 16.1. The van der Waals surface area contributed by atoms with Crippen LogP contribution in [0.15, 0.2) is 30.5 Å². The molecule has 0 spiro atoms. The number of benzene rings is 1. The Labute approximate surface area is 257 Å². The number of aryl methyl sites for hydroxylation is 1. The summed E-state index contributed by atoms with van der Waals surface area (Å²) in [5, 5.41) is 13.4. The van der Waals surface area contributed by atoms with Crippen LogP contribution in [0.4, 0.5) is 5.82 Å². The highest BCUT2D eigenvalue weighted by molar-refractivity contribution is 5.94. The molecular weight excluding hydrogens is 520 g/mol. The quantitative estimate of drug-likeness (QED) is 0.153. The van der Waals surface area contributed by atoms with E-state index in [2.05, 4.69) is 77.0 Å². The van der Waals surface area contributed by atoms with Crippen molar-refractivity contribution in [2.45, 2.75) is 162 Å². The van der Waals surface area contributed by atoms with E-state index < -0.39 is 6.10 Å². The van der Waals surface area contributed by atoms with E-state index in [-0.39, 0.29) is 28.3 Å². The van der Waals surface area contributed by atoms with Gasteiger partial charge in [0.25, 0.3) is 5.91 Å². The van der Waals surface area contributed by atoms with E-state index >= 15 is 0 Å². The predicted octanol–water partition coefficient (Wildman–Crippen LogP) is 10.4. The van der Waals surface area contributed by atoms with Crippen LogP contribution in [0.25, 0.3) is 0 Å². The highest BCUT2D eigenvalue weighted by atomic mass is 16.5. The molecule has 1 aromatic carbocycles. The second kappa shape index (κ2) is 17.5. The van der Waals surface area contributed by atoms with Crippen LogP contribution in [0.3, 0.4) is 0 Å². The first-order chi connectivity index (χ1) is 20.0. The monoisotopic (exact) mass is 580 g/mol. The van der Waals surface area contributed by atoms with Gasteiger partial charge in [0, 0.05) is 11.8 Å². The number of pyridine rings is 1. The second-order valence-electron chi connectivity index (χ2n) is 13.4. The molecule has 1 atom stereocenters. The molecule has 1 heterocycles. The van der Waals surface area contributed by atoms with Gasteiger partial charge in [-0.3, -0.25) is 4.79 Å². The lowest BCUT2D eigenvalue weighted by molar-refractivity contribution is -0.123. The van der Waals surface area contributed by atoms with Crippen molar-refractivity contribution in [3.05, 3.63) is 47.2 Å². The predicted molar refractivity (Wildman–Crippen MR) is 178 cm³/mol. The number of rotatable bonds is 20. The molecule has 0 aliphatic rings. The first-order valence-corrected chi connectivity index (χ1v) is 16.8. The van der Waals surface area contributed by atoms with Crippen LogP contribution in [0, 0.1) is 0 Å². The van der Waals surface area contributed by atoms with E-state index in [1.807, 2.05) is 6.92 Å². The number of anilines is 1. The molecule has 1 unspecified atom stereocenters. The van der Waals surface area contributed by atoms with Crippen molar-refractivity contribution in [1.29, 1.82) is 0 Å². The largest absolute Gasteiger partial charge is 0.504 e. The highest BCUT2D eigenvalue weighted by Gasteiger charge is 2.30. The number of amides is 1. The van der Waals surface area contributed by atoms with Crippen molar-refractivity contribution >= 4 is 11.7 Å². The number of nitrogens with zero attached hydrogens (tertiary/aromatic N) is 1. The van der Waals surface area contributed by atoms with Gasteiger partial charge in [-0.25, -0.2) is 4.98 Å². The standard InChI is InChI=1S/C37H60N2O3/c1-9-13-16-17-20-33(35(41)39-34-31(40)25-28(12-4)27-38-34)42-32-22-21-29(36(5,6)23-18-14-10-2)26-30(32)37(7,8)24-19-15-11-3/h21-22,25-27,33,40H,9-20,23-24H2,1-8H3,(H,38,39,41). The molecule has 0 fully saturated rings. The number of ether oxygens (including phenoxy) is 1. The smallest absolute Gasteiger partial charge is 0.266 e. The number of aromatic hydroxyl groups is 1. The lowest BCUT2D eigenvalue weighted by Crippen LogP contribution is -2.34. The summed E-state index contributed by atoms with van der Waals surface area (Å²) in [7, 11) is 0. The summed E-state index contributed by atoms with van der Waals surface area (Å²) in [5.41, 5.74) is 3.40. The van der Waals surface area contributed by atoms with Gasteiger partial charge in [-0.1, -0.05) is 125 Å². The van der Waals surface area contributed by atoms with Crippen LogP contribution < -0.4 is 10.1 Å². The van der Waals surface area contributed by atoms with Crippen molar-refractivity contribution < 1.29 is 14.6 Å². The lowest BCUT2D eigenvalue weighted by atomic mass is 9.74. The van der Waals surface area contributed by atoms with Gasteiger partial charge in [-0.05, 0) is 66.2 Å². The molecule has 1 aromatic heterocycles. The molecule has 0 saturated carbocycles. The van der Waals surface area contributed by atoms with Gasteiger partial charge in [-0.2, -0.15) is 0 Å². The van der Waals surface area contributed by atoms with Gasteiger partial charge < -0.3 is 15.2 Å². The molecule has 42 heavy (non-hydrogen) atoms. The van der Waals surface area contributed by atoms with Crippen LogP contribution in [0.1, 0.15) is 156 Å². The minimum Gasteiger partial charge on any atom is -0.504 e. The summed E-state index contributed by atoms with van der Waals surface area (Å²) in [4.78, 5) is 18.0. The zero-order valence-electron chi connectivity index (χ0n) is 28.1. The summed E-state index contributed by atoms with van der Waals surface area (Å²) in [6.45, 7) is 18.0. The minimum atomic E-state index is -0.678. The number of aromatic nitrogens is 1. The second-order valence-corrected chi connectivity index (χ2v) is 13.4. The zero-order chi connectivity index (χ0) is 31.2. The molecule has 5 nitrogen and oxygen atoms in total. The molecule has 2 rings (SSSR count). The normalized spacial score (nSPS) is 12.8. The third-order valence-electron chi connectivity index (χ3n) is 8.76. The molecule has 5 heteroatoms. The Bertz CT molecular complexity index is 1090. The average Bonchev–Trinajstić information content (AvgIpc) is 2.95. The van der Waals surface area contributed by atoms with Gasteiger partial charge in [0.1, 0.15) is 5.75 Å². The van der Waals surface area contributed by atoms with Crippen LogP contribution >= 0.6 is 0 Å². The van der Waals surface area contributed by atoms with Crippen molar-refractivity contribution in [3.8, 4) is 11.5 Å². The SMILES string of the molecule is CCCCCCC(Oc1ccc(C(C)(C)CCCCC)cc1C(C)(C)CCCCC)C(=O)Nc1ncc(CC)cc1O. The molecule has 236 valence electrons. The number of unbranched alkanes of at least 4 members (excludes halogenated alkanes) is 7. The van der Waals surface area contributed by atoms with E-state index in [1.54, 1.807) is 12.3 Å². The summed E-state index contributed by atoms with van der Waals surface area (Å²) in [6, 6.07) is 8.33. The Kier molecular flexibility index (Phi) is 14.9. The number of hydrogen-bond acceptors (Lipinski definition) is 4. The topological polar surface area (TPSA) is 71.5 Å². The zero-order valence-corrected chi connectivity index (χ0v) is 28.1. The molecule has 0 aliphatic heterocycles. The molecule has 0 aliphatic carbocycles. The van der Waals surface area contributed by atoms with Gasteiger partial charge in [-0.15, -0.1) is 0 Å². The summed E-state index contributed by atoms with van der Waals surface area (Å²) >= 11 is 0. The fourth-order valence-electron chi connectivity index (χ4n) is 5.63. The number of nitrogens with one attached hydrogen (secondary N) is 1. The first-order valence-electron chi connectivity index (χ1n) is 16.8. The Balaban J connectivity index is 2.44. The minimum absolute atomic E-state index is 0.0140. The van der Waals surface area contributed by atoms with E-state index in [4.69, 9.17) is 4.74 Å². The van der Waals surface area contributed by atoms with Crippen molar-refractivity contribution in [2.75, 3.05) is 5.32 Å². The maximum Gasteiger partial charge on any atom is 0.266 e. The number of hydrogen-bond donors (Lipinski definition) is 2. The van der Waals surface area contributed by atoms with Gasteiger partial charge >= 0.3 is 0 Å². The van der Waals surface area contributed by atoms with E-state index in [0.717, 1.165) is 62.7 Å². The number of carbonyl (C=O) groups is 1. The molecule has 2 N–H and O–H groups in total. The Morgan fingerprint density at radius 3 is 2.07 bits per heavy atom. The van der Waals surface area contributed by atoms with Crippen molar-refractivity contribution in [3.63, 3.8) is 0 Å². The van der Waals surface area contributed by atoms with Crippen LogP contribution in [0.5, 0.6) is 11.5 Å². The lowest BCUT2D eigenvalue weighted by Gasteiger charge is -2.33. The first kappa shape index (κ1) is 35.6. The molecular formula is C37H60N2O3. The van der Waals surface area contributed by atoms with Crippen LogP contribution in [-0.2, 0) is 22.0 Å². The van der Waals surface area contributed by atoms with E-state index in [0.29, 0.717) is 6.42 Å². The third-order valence-corrected chi connectivity index (χ3v) is 8.76. The fraction of sp³-hybridized carbons (Fsp3) is 0.676.